The van der Waals surface area contributed by atoms with E-state index in [0.717, 1.165) is 11.3 Å². The lowest BCUT2D eigenvalue weighted by atomic mass is 10.3. The van der Waals surface area contributed by atoms with Crippen LogP contribution < -0.4 is 4.80 Å². The van der Waals surface area contributed by atoms with Crippen molar-refractivity contribution in [2.45, 2.75) is 6.92 Å². The maximum absolute atomic E-state index is 11.3. The average molecular weight is 293 g/mol. The fourth-order valence-electron chi connectivity index (χ4n) is 1.41. The molecule has 0 aliphatic rings. The predicted molar refractivity (Wildman–Crippen MR) is 69.5 cm³/mol. The number of nitroso groups, excluding NO2 is 1. The van der Waals surface area contributed by atoms with Crippen molar-refractivity contribution in [3.05, 3.63) is 49.1 Å². The lowest BCUT2D eigenvalue weighted by Gasteiger charge is -1.99. The standard InChI is InChI=1S/C10H7N5O4S/c1-6(16)9-12-14(10(20-9)11-13-17)7-2-4-8(5-3-7)15(18)19/h2-5H,1H3/b11-10-. The molecule has 0 radical (unpaired) electrons. The highest BCUT2D eigenvalue weighted by atomic mass is 32.1. The number of nitro groups is 1. The maximum Gasteiger partial charge on any atom is 0.269 e. The van der Waals surface area contributed by atoms with Crippen LogP contribution >= 0.6 is 11.3 Å². The van der Waals surface area contributed by atoms with E-state index in [-0.39, 0.29) is 21.3 Å². The summed E-state index contributed by atoms with van der Waals surface area (Å²) in [4.78, 5) is 31.7. The van der Waals surface area contributed by atoms with Gasteiger partial charge in [0.2, 0.25) is 4.80 Å². The molecule has 0 aliphatic carbocycles. The molecule has 1 aromatic heterocycles. The smallest absolute Gasteiger partial charge is 0.269 e. The Balaban J connectivity index is 2.56. The summed E-state index contributed by atoms with van der Waals surface area (Å²) >= 11 is 0.906. The van der Waals surface area contributed by atoms with Gasteiger partial charge in [-0.1, -0.05) is 16.4 Å². The summed E-state index contributed by atoms with van der Waals surface area (Å²) in [5.74, 6) is -0.280. The molecule has 0 bridgehead atoms. The first-order chi connectivity index (χ1) is 9.52. The lowest BCUT2D eigenvalue weighted by molar-refractivity contribution is -0.384. The molecular weight excluding hydrogens is 286 g/mol. The van der Waals surface area contributed by atoms with Gasteiger partial charge in [0.1, 0.15) is 0 Å². The topological polar surface area (TPSA) is 120 Å². The number of aromatic nitrogens is 2. The molecule has 1 aromatic carbocycles. The van der Waals surface area contributed by atoms with E-state index in [1.165, 1.54) is 35.9 Å². The van der Waals surface area contributed by atoms with Crippen molar-refractivity contribution in [3.8, 4) is 5.69 Å². The number of rotatable bonds is 4. The van der Waals surface area contributed by atoms with Gasteiger partial charge in [0.05, 0.1) is 15.9 Å². The molecule has 2 rings (SSSR count). The molecule has 0 saturated heterocycles. The SMILES string of the molecule is CC(=O)c1nn(-c2ccc([N+](=O)[O-])cc2)/c(=N/N=O)s1. The van der Waals surface area contributed by atoms with Crippen LogP contribution in [0.25, 0.3) is 5.69 Å². The number of Topliss-reactive ketones (excluding diaryl/α,β-unsaturated/α-hetero) is 1. The third kappa shape index (κ3) is 2.64. The van der Waals surface area contributed by atoms with E-state index >= 15 is 0 Å². The minimum atomic E-state index is -0.533. The van der Waals surface area contributed by atoms with Crippen molar-refractivity contribution in [3.63, 3.8) is 0 Å². The average Bonchev–Trinajstić information content (AvgIpc) is 2.83. The minimum Gasteiger partial charge on any atom is -0.292 e. The molecule has 0 spiro atoms. The van der Waals surface area contributed by atoms with Gasteiger partial charge in [-0.15, -0.1) is 4.91 Å². The lowest BCUT2D eigenvalue weighted by Crippen LogP contribution is -2.13. The van der Waals surface area contributed by atoms with Crippen LogP contribution in [0.4, 0.5) is 5.69 Å². The number of non-ortho nitro benzene ring substituents is 1. The molecule has 9 nitrogen and oxygen atoms in total. The summed E-state index contributed by atoms with van der Waals surface area (Å²) in [5, 5.41) is 20.5. The van der Waals surface area contributed by atoms with E-state index in [1.54, 1.807) is 0 Å². The number of carbonyl (C=O) groups excluding carboxylic acids is 1. The molecule has 2 aromatic rings. The molecular formula is C10H7N5O4S. The Morgan fingerprint density at radius 2 is 2.05 bits per heavy atom. The predicted octanol–water partition coefficient (Wildman–Crippen LogP) is 1.63. The molecule has 0 saturated carbocycles. The van der Waals surface area contributed by atoms with Crippen molar-refractivity contribution in [2.75, 3.05) is 0 Å². The summed E-state index contributed by atoms with van der Waals surface area (Å²) in [7, 11) is 0. The van der Waals surface area contributed by atoms with Crippen molar-refractivity contribution in [2.24, 2.45) is 10.4 Å². The van der Waals surface area contributed by atoms with Gasteiger partial charge in [0, 0.05) is 19.1 Å². The molecule has 0 aliphatic heterocycles. The van der Waals surface area contributed by atoms with Gasteiger partial charge < -0.3 is 0 Å². The van der Waals surface area contributed by atoms with Gasteiger partial charge in [-0.2, -0.15) is 5.10 Å². The van der Waals surface area contributed by atoms with Gasteiger partial charge in [0.25, 0.3) is 5.69 Å². The first-order valence-corrected chi connectivity index (χ1v) is 6.07. The molecule has 20 heavy (non-hydrogen) atoms. The highest BCUT2D eigenvalue weighted by Crippen LogP contribution is 2.14. The quantitative estimate of drug-likeness (QED) is 0.367. The summed E-state index contributed by atoms with van der Waals surface area (Å²) in [5.41, 5.74) is 0.352. The molecule has 0 atom stereocenters. The molecule has 0 unspecified atom stereocenters. The van der Waals surface area contributed by atoms with Crippen molar-refractivity contribution >= 4 is 22.8 Å². The Hall–Kier alpha value is -2.75. The Morgan fingerprint density at radius 1 is 1.40 bits per heavy atom. The van der Waals surface area contributed by atoms with Crippen LogP contribution in [0.1, 0.15) is 16.7 Å². The molecule has 0 fully saturated rings. The van der Waals surface area contributed by atoms with Crippen LogP contribution in [0.2, 0.25) is 0 Å². The zero-order valence-electron chi connectivity index (χ0n) is 10.1. The second-order valence-electron chi connectivity index (χ2n) is 3.61. The normalized spacial score (nSPS) is 11.3. The van der Waals surface area contributed by atoms with E-state index in [1.807, 2.05) is 0 Å². The highest BCUT2D eigenvalue weighted by Gasteiger charge is 2.12. The van der Waals surface area contributed by atoms with Crippen molar-refractivity contribution in [1.82, 2.24) is 9.78 Å². The van der Waals surface area contributed by atoms with Crippen LogP contribution in [0.15, 0.2) is 34.7 Å². The fourth-order valence-corrected chi connectivity index (χ4v) is 2.15. The number of benzene rings is 1. The Kier molecular flexibility index (Phi) is 3.75. The van der Waals surface area contributed by atoms with Crippen LogP contribution in [0, 0.1) is 15.0 Å². The monoisotopic (exact) mass is 293 g/mol. The Morgan fingerprint density at radius 3 is 2.55 bits per heavy atom. The molecule has 1 heterocycles. The van der Waals surface area contributed by atoms with Crippen LogP contribution in [-0.2, 0) is 0 Å². The number of ketones is 1. The van der Waals surface area contributed by atoms with E-state index in [9.17, 15) is 19.8 Å². The largest absolute Gasteiger partial charge is 0.292 e. The second-order valence-corrected chi connectivity index (χ2v) is 4.57. The highest BCUT2D eigenvalue weighted by molar-refractivity contribution is 7.10. The number of nitrogens with zero attached hydrogens (tertiary/aromatic N) is 5. The third-order valence-electron chi connectivity index (χ3n) is 2.29. The second kappa shape index (κ2) is 5.48. The summed E-state index contributed by atoms with van der Waals surface area (Å²) in [6, 6.07) is 5.44. The molecule has 10 heteroatoms. The minimum absolute atomic E-state index is 0.0802. The summed E-state index contributed by atoms with van der Waals surface area (Å²) in [6.07, 6.45) is 0. The van der Waals surface area contributed by atoms with Gasteiger partial charge in [-0.3, -0.25) is 14.9 Å². The number of hydrogen-bond acceptors (Lipinski definition) is 7. The summed E-state index contributed by atoms with van der Waals surface area (Å²) < 4.78 is 1.23. The Labute approximate surface area is 115 Å². The van der Waals surface area contributed by atoms with E-state index in [2.05, 4.69) is 15.5 Å². The number of hydrogen-bond donors (Lipinski definition) is 0. The van der Waals surface area contributed by atoms with Gasteiger partial charge in [-0.05, 0) is 12.1 Å². The molecule has 0 amide bonds. The first-order valence-electron chi connectivity index (χ1n) is 5.25. The zero-order valence-corrected chi connectivity index (χ0v) is 10.9. The van der Waals surface area contributed by atoms with Crippen LogP contribution in [-0.4, -0.2) is 20.5 Å². The van der Waals surface area contributed by atoms with E-state index < -0.39 is 4.92 Å². The van der Waals surface area contributed by atoms with Crippen molar-refractivity contribution in [1.29, 1.82) is 0 Å². The molecule has 102 valence electrons. The summed E-state index contributed by atoms with van der Waals surface area (Å²) in [6.45, 7) is 1.33. The number of nitro benzene ring substituents is 1. The van der Waals surface area contributed by atoms with E-state index in [4.69, 9.17) is 0 Å². The third-order valence-corrected chi connectivity index (χ3v) is 3.29. The van der Waals surface area contributed by atoms with E-state index in [0.29, 0.717) is 5.69 Å². The zero-order chi connectivity index (χ0) is 14.7. The van der Waals surface area contributed by atoms with Crippen molar-refractivity contribution < 1.29 is 9.72 Å². The van der Waals surface area contributed by atoms with Gasteiger partial charge in [-0.25, -0.2) is 4.68 Å². The van der Waals surface area contributed by atoms with Gasteiger partial charge >= 0.3 is 0 Å². The number of carbonyl (C=O) groups is 1. The maximum atomic E-state index is 11.3. The van der Waals surface area contributed by atoms with Crippen LogP contribution in [0.5, 0.6) is 0 Å². The fraction of sp³-hybridized carbons (Fsp3) is 0.100. The first kappa shape index (κ1) is 13.7. The Bertz CT molecular complexity index is 746. The van der Waals surface area contributed by atoms with Gasteiger partial charge in [0.15, 0.2) is 10.8 Å². The van der Waals surface area contributed by atoms with Crippen LogP contribution in [0.3, 0.4) is 0 Å². The molecule has 0 N–H and O–H groups in total.